The van der Waals surface area contributed by atoms with E-state index in [0.29, 0.717) is 11.0 Å². The minimum Gasteiger partial charge on any atom is -0.480 e. The lowest BCUT2D eigenvalue weighted by Crippen LogP contribution is -2.59. The zero-order valence-electron chi connectivity index (χ0n) is 11.7. The molecule has 106 valence electrons. The van der Waals surface area contributed by atoms with Gasteiger partial charge in [0.15, 0.2) is 0 Å². The first-order valence-corrected chi connectivity index (χ1v) is 5.74. The molecule has 0 aliphatic heterocycles. The van der Waals surface area contributed by atoms with Crippen molar-refractivity contribution in [2.75, 3.05) is 41.5 Å². The normalized spacial score (nSPS) is 14.9. The third-order valence-electron chi connectivity index (χ3n) is 2.34. The number of carbonyl (C=O) groups is 2. The number of quaternary nitrogens is 1. The van der Waals surface area contributed by atoms with Gasteiger partial charge in [-0.05, 0) is 7.05 Å². The zero-order chi connectivity index (χ0) is 14.3. The fourth-order valence-electron chi connectivity index (χ4n) is 1.63. The van der Waals surface area contributed by atoms with E-state index in [2.05, 4.69) is 10.6 Å². The average molecular weight is 262 g/mol. The summed E-state index contributed by atoms with van der Waals surface area (Å²) in [5.74, 6) is -1.34. The maximum absolute atomic E-state index is 11.1. The molecule has 0 aliphatic rings. The quantitative estimate of drug-likeness (QED) is 0.291. The first-order valence-electron chi connectivity index (χ1n) is 5.74. The number of likely N-dealkylation sites (N-methyl/N-ethyl adjacent to an activating group) is 2. The van der Waals surface area contributed by atoms with Gasteiger partial charge in [0.05, 0.1) is 33.7 Å². The molecule has 0 aliphatic carbocycles. The summed E-state index contributed by atoms with van der Waals surface area (Å²) in [4.78, 5) is 21.8. The van der Waals surface area contributed by atoms with Crippen LogP contribution >= 0.6 is 0 Å². The Morgan fingerprint density at radius 2 is 1.89 bits per heavy atom. The highest BCUT2D eigenvalue weighted by Gasteiger charge is 2.30. The van der Waals surface area contributed by atoms with Crippen LogP contribution in [0.1, 0.15) is 6.92 Å². The Labute approximate surface area is 108 Å². The second kappa shape index (κ2) is 7.30. The summed E-state index contributed by atoms with van der Waals surface area (Å²) >= 11 is 0. The molecule has 3 N–H and O–H groups in total. The fraction of sp³-hybridized carbons (Fsp3) is 0.818. The number of hydrogen-bond donors (Lipinski definition) is 3. The number of nitrogens with one attached hydrogen (secondary N) is 2. The van der Waals surface area contributed by atoms with Gasteiger partial charge in [0.2, 0.25) is 0 Å². The molecular weight excluding hydrogens is 238 g/mol. The third kappa shape index (κ3) is 7.21. The van der Waals surface area contributed by atoms with Crippen LogP contribution in [0.3, 0.4) is 0 Å². The van der Waals surface area contributed by atoms with Crippen LogP contribution in [0, 0.1) is 0 Å². The van der Waals surface area contributed by atoms with E-state index < -0.39 is 18.0 Å². The first-order chi connectivity index (χ1) is 8.17. The molecule has 0 aromatic heterocycles. The smallest absolute Gasteiger partial charge is 0.322 e. The van der Waals surface area contributed by atoms with E-state index in [4.69, 9.17) is 9.84 Å². The summed E-state index contributed by atoms with van der Waals surface area (Å²) in [5, 5.41) is 14.8. The van der Waals surface area contributed by atoms with Crippen molar-refractivity contribution < 1.29 is 23.9 Å². The molecule has 7 heteroatoms. The largest absolute Gasteiger partial charge is 0.480 e. The topological polar surface area (TPSA) is 87.7 Å². The summed E-state index contributed by atoms with van der Waals surface area (Å²) < 4.78 is 5.38. The fourth-order valence-corrected chi connectivity index (χ4v) is 1.63. The van der Waals surface area contributed by atoms with Crippen molar-refractivity contribution in [1.29, 1.82) is 0 Å². The second-order valence-corrected chi connectivity index (χ2v) is 5.17. The highest BCUT2D eigenvalue weighted by Crippen LogP contribution is 2.01. The van der Waals surface area contributed by atoms with Crippen molar-refractivity contribution in [3.63, 3.8) is 0 Å². The van der Waals surface area contributed by atoms with Gasteiger partial charge in [0, 0.05) is 6.92 Å². The lowest BCUT2D eigenvalue weighted by Gasteiger charge is -2.32. The van der Waals surface area contributed by atoms with Gasteiger partial charge in [-0.1, -0.05) is 0 Å². The molecule has 18 heavy (non-hydrogen) atoms. The molecule has 7 nitrogen and oxygen atoms in total. The number of nitrogens with zero attached hydrogens (tertiary/aromatic N) is 1. The molecule has 0 aromatic rings. The molecule has 0 saturated carbocycles. The Hall–Kier alpha value is -1.18. The van der Waals surface area contributed by atoms with Crippen LogP contribution in [0.2, 0.25) is 0 Å². The molecule has 0 saturated heterocycles. The van der Waals surface area contributed by atoms with Gasteiger partial charge < -0.3 is 19.6 Å². The minimum atomic E-state index is -0.939. The summed E-state index contributed by atoms with van der Waals surface area (Å²) in [6.45, 7) is 1.90. The lowest BCUT2D eigenvalue weighted by atomic mass is 10.1. The monoisotopic (exact) mass is 262 g/mol. The van der Waals surface area contributed by atoms with Gasteiger partial charge in [0.25, 0.3) is 0 Å². The SMILES string of the molecule is CNC(C(=O)O)C(C[N+](C)(C)C)NCOC(C)=O. The molecule has 2 unspecified atom stereocenters. The van der Waals surface area contributed by atoms with Gasteiger partial charge in [-0.25, -0.2) is 0 Å². The van der Waals surface area contributed by atoms with Crippen molar-refractivity contribution in [1.82, 2.24) is 10.6 Å². The summed E-state index contributed by atoms with van der Waals surface area (Å²) in [5.41, 5.74) is 0. The minimum absolute atomic E-state index is 0.00542. The van der Waals surface area contributed by atoms with Gasteiger partial charge >= 0.3 is 11.9 Å². The predicted octanol–water partition coefficient (Wildman–Crippen LogP) is -1.16. The summed E-state index contributed by atoms with van der Waals surface area (Å²) in [6.07, 6.45) is 0. The Kier molecular flexibility index (Phi) is 6.82. The molecular formula is C11H24N3O4+. The number of hydrogen-bond acceptors (Lipinski definition) is 5. The number of carbonyl (C=O) groups excluding carboxylic acids is 1. The standard InChI is InChI=1S/C11H23N3O4/c1-8(15)18-7-13-9(6-14(3,4)5)10(12-2)11(16)17/h9-10,12-13H,6-7H2,1-5H3/p+1. The van der Waals surface area contributed by atoms with Gasteiger partial charge in [-0.15, -0.1) is 0 Å². The van der Waals surface area contributed by atoms with Crippen molar-refractivity contribution in [3.05, 3.63) is 0 Å². The number of rotatable bonds is 8. The van der Waals surface area contributed by atoms with E-state index in [9.17, 15) is 9.59 Å². The zero-order valence-corrected chi connectivity index (χ0v) is 11.7. The van der Waals surface area contributed by atoms with E-state index in [0.717, 1.165) is 0 Å². The molecule has 0 spiro atoms. The highest BCUT2D eigenvalue weighted by atomic mass is 16.5. The first kappa shape index (κ1) is 16.8. The van der Waals surface area contributed by atoms with Crippen LogP contribution in [0.15, 0.2) is 0 Å². The Morgan fingerprint density at radius 3 is 2.22 bits per heavy atom. The molecule has 0 rings (SSSR count). The van der Waals surface area contributed by atoms with Crippen LogP contribution in [0.4, 0.5) is 0 Å². The Morgan fingerprint density at radius 1 is 1.33 bits per heavy atom. The maximum atomic E-state index is 11.1. The average Bonchev–Trinajstić information content (AvgIpc) is 2.14. The Bertz CT molecular complexity index is 289. The third-order valence-corrected chi connectivity index (χ3v) is 2.34. The summed E-state index contributed by atoms with van der Waals surface area (Å²) in [7, 11) is 7.49. The lowest BCUT2D eigenvalue weighted by molar-refractivity contribution is -0.871. The molecule has 0 radical (unpaired) electrons. The Balaban J connectivity index is 4.60. The van der Waals surface area contributed by atoms with Crippen molar-refractivity contribution >= 4 is 11.9 Å². The van der Waals surface area contributed by atoms with E-state index >= 15 is 0 Å². The maximum Gasteiger partial charge on any atom is 0.322 e. The van der Waals surface area contributed by atoms with Crippen molar-refractivity contribution in [2.45, 2.75) is 19.0 Å². The van der Waals surface area contributed by atoms with E-state index in [1.54, 1.807) is 7.05 Å². The second-order valence-electron chi connectivity index (χ2n) is 5.17. The van der Waals surface area contributed by atoms with Gasteiger partial charge in [-0.3, -0.25) is 14.9 Å². The molecule has 2 atom stereocenters. The molecule has 0 bridgehead atoms. The van der Waals surface area contributed by atoms with Crippen LogP contribution in [0.25, 0.3) is 0 Å². The molecule has 0 heterocycles. The van der Waals surface area contributed by atoms with Crippen LogP contribution in [-0.2, 0) is 14.3 Å². The van der Waals surface area contributed by atoms with E-state index in [-0.39, 0.29) is 12.8 Å². The molecule has 0 aromatic carbocycles. The predicted molar refractivity (Wildman–Crippen MR) is 66.9 cm³/mol. The van der Waals surface area contributed by atoms with Crippen LogP contribution < -0.4 is 10.6 Å². The highest BCUT2D eigenvalue weighted by molar-refractivity contribution is 5.74. The van der Waals surface area contributed by atoms with Crippen molar-refractivity contribution in [3.8, 4) is 0 Å². The summed E-state index contributed by atoms with van der Waals surface area (Å²) in [6, 6.07) is -1.08. The van der Waals surface area contributed by atoms with Gasteiger partial charge in [0.1, 0.15) is 12.8 Å². The van der Waals surface area contributed by atoms with E-state index in [1.807, 2.05) is 21.1 Å². The van der Waals surface area contributed by atoms with Gasteiger partial charge in [-0.2, -0.15) is 0 Å². The van der Waals surface area contributed by atoms with E-state index in [1.165, 1.54) is 6.92 Å². The number of carboxylic acid groups (broad SMARTS) is 1. The number of ether oxygens (including phenoxy) is 1. The van der Waals surface area contributed by atoms with Crippen molar-refractivity contribution in [2.24, 2.45) is 0 Å². The number of esters is 1. The molecule has 0 amide bonds. The number of aliphatic carboxylic acids is 1. The van der Waals surface area contributed by atoms with Crippen LogP contribution in [0.5, 0.6) is 0 Å². The molecule has 0 fully saturated rings. The number of carboxylic acids is 1. The van der Waals surface area contributed by atoms with Crippen LogP contribution in [-0.4, -0.2) is 75.1 Å².